The number of nitrogens with zero attached hydrogens (tertiary/aromatic N) is 1. The molecule has 126 valence electrons. The fourth-order valence-corrected chi connectivity index (χ4v) is 2.98. The topological polar surface area (TPSA) is 113 Å². The Hall–Kier alpha value is -0.930. The van der Waals surface area contributed by atoms with E-state index in [1.54, 1.807) is 11.8 Å². The molecule has 0 aliphatic carbocycles. The van der Waals surface area contributed by atoms with Crippen molar-refractivity contribution >= 4 is 42.2 Å². The van der Waals surface area contributed by atoms with Crippen molar-refractivity contribution in [3.8, 4) is 0 Å². The lowest BCUT2D eigenvalue weighted by Gasteiger charge is -2.27. The van der Waals surface area contributed by atoms with Gasteiger partial charge < -0.3 is 21.1 Å². The van der Waals surface area contributed by atoms with E-state index in [0.29, 0.717) is 31.6 Å². The summed E-state index contributed by atoms with van der Waals surface area (Å²) in [7, 11) is 0. The number of carbonyl (C=O) groups excluding carboxylic acids is 2. The summed E-state index contributed by atoms with van der Waals surface area (Å²) in [6.45, 7) is 0.403. The molecule has 0 spiro atoms. The number of nitrogens with two attached hydrogens (primary N) is 1. The molecule has 0 bridgehead atoms. The van der Waals surface area contributed by atoms with Crippen LogP contribution in [0.3, 0.4) is 0 Å². The summed E-state index contributed by atoms with van der Waals surface area (Å²) in [5.74, 6) is -0.943. The summed E-state index contributed by atoms with van der Waals surface area (Å²) in [6.07, 6.45) is 3.44. The molecule has 0 saturated carbocycles. The average Bonchev–Trinajstić information content (AvgIpc) is 2.99. The second-order valence-electron chi connectivity index (χ2n) is 5.16. The maximum atomic E-state index is 12.6. The highest BCUT2D eigenvalue weighted by molar-refractivity contribution is 7.98. The predicted molar refractivity (Wildman–Crippen MR) is 89.1 cm³/mol. The standard InChI is InChI=1S/C13H23N3O4S2/c1-22-6-4-9(15-11(17)8(14)7-21)12(18)16-5-2-3-10(16)13(19)20/h8-10,21H,2-7,14H2,1H3,(H,15,17)(H,19,20). The number of thiol groups is 1. The van der Waals surface area contributed by atoms with E-state index in [4.69, 9.17) is 5.73 Å². The molecule has 0 aromatic rings. The monoisotopic (exact) mass is 349 g/mol. The molecule has 1 heterocycles. The summed E-state index contributed by atoms with van der Waals surface area (Å²) in [6, 6.07) is -2.34. The number of carbonyl (C=O) groups is 3. The van der Waals surface area contributed by atoms with Crippen molar-refractivity contribution in [3.05, 3.63) is 0 Å². The fourth-order valence-electron chi connectivity index (χ4n) is 2.34. The minimum absolute atomic E-state index is 0.177. The zero-order valence-electron chi connectivity index (χ0n) is 12.5. The van der Waals surface area contributed by atoms with E-state index < -0.39 is 30.0 Å². The third-order valence-corrected chi connectivity index (χ3v) is 4.62. The van der Waals surface area contributed by atoms with Crippen LogP contribution < -0.4 is 11.1 Å². The van der Waals surface area contributed by atoms with Crippen LogP contribution in [0.4, 0.5) is 0 Å². The van der Waals surface area contributed by atoms with Gasteiger partial charge in [0.1, 0.15) is 12.1 Å². The number of thioether (sulfide) groups is 1. The minimum atomic E-state index is -1.01. The Bertz CT molecular complexity index is 422. The van der Waals surface area contributed by atoms with Crippen molar-refractivity contribution in [1.82, 2.24) is 10.2 Å². The van der Waals surface area contributed by atoms with Gasteiger partial charge in [-0.15, -0.1) is 0 Å². The van der Waals surface area contributed by atoms with Gasteiger partial charge in [-0.3, -0.25) is 9.59 Å². The molecule has 3 unspecified atom stereocenters. The molecular formula is C13H23N3O4S2. The highest BCUT2D eigenvalue weighted by Gasteiger charge is 2.37. The number of rotatable bonds is 8. The Balaban J connectivity index is 2.79. The lowest BCUT2D eigenvalue weighted by Crippen LogP contribution is -2.55. The minimum Gasteiger partial charge on any atom is -0.480 e. The van der Waals surface area contributed by atoms with E-state index in [9.17, 15) is 19.5 Å². The molecule has 0 radical (unpaired) electrons. The normalized spacial score (nSPS) is 20.5. The van der Waals surface area contributed by atoms with Crippen LogP contribution in [0.1, 0.15) is 19.3 Å². The van der Waals surface area contributed by atoms with E-state index in [1.165, 1.54) is 4.90 Å². The summed E-state index contributed by atoms with van der Waals surface area (Å²) >= 11 is 5.52. The molecule has 1 aliphatic rings. The predicted octanol–water partition coefficient (Wildman–Crippen LogP) is -0.443. The van der Waals surface area contributed by atoms with Crippen molar-refractivity contribution in [2.45, 2.75) is 37.4 Å². The number of likely N-dealkylation sites (tertiary alicyclic amines) is 1. The lowest BCUT2D eigenvalue weighted by atomic mass is 10.1. The van der Waals surface area contributed by atoms with E-state index in [-0.39, 0.29) is 11.7 Å². The number of hydrogen-bond donors (Lipinski definition) is 4. The van der Waals surface area contributed by atoms with Crippen LogP contribution in [0.15, 0.2) is 0 Å². The molecule has 9 heteroatoms. The Morgan fingerprint density at radius 2 is 2.18 bits per heavy atom. The van der Waals surface area contributed by atoms with Gasteiger partial charge in [0.2, 0.25) is 11.8 Å². The smallest absolute Gasteiger partial charge is 0.326 e. The molecule has 0 aromatic heterocycles. The Morgan fingerprint density at radius 1 is 1.50 bits per heavy atom. The van der Waals surface area contributed by atoms with Gasteiger partial charge in [-0.25, -0.2) is 4.79 Å². The van der Waals surface area contributed by atoms with Gasteiger partial charge in [-0.05, 0) is 31.3 Å². The number of carboxylic acid groups (broad SMARTS) is 1. The molecule has 3 atom stereocenters. The van der Waals surface area contributed by atoms with Gasteiger partial charge in [0.15, 0.2) is 0 Å². The number of hydrogen-bond acceptors (Lipinski definition) is 6. The largest absolute Gasteiger partial charge is 0.480 e. The first kappa shape index (κ1) is 19.1. The number of carboxylic acids is 1. The van der Waals surface area contributed by atoms with Gasteiger partial charge in [-0.2, -0.15) is 24.4 Å². The summed E-state index contributed by atoms with van der Waals surface area (Å²) in [5, 5.41) is 11.8. The van der Waals surface area contributed by atoms with Crippen molar-refractivity contribution in [3.63, 3.8) is 0 Å². The zero-order chi connectivity index (χ0) is 16.7. The Morgan fingerprint density at radius 3 is 2.73 bits per heavy atom. The molecule has 0 aromatic carbocycles. The van der Waals surface area contributed by atoms with Crippen molar-refractivity contribution in [1.29, 1.82) is 0 Å². The molecule has 2 amide bonds. The van der Waals surface area contributed by atoms with Gasteiger partial charge in [-0.1, -0.05) is 0 Å². The molecule has 1 saturated heterocycles. The summed E-state index contributed by atoms with van der Waals surface area (Å²) < 4.78 is 0. The van der Waals surface area contributed by atoms with Crippen LogP contribution in [-0.4, -0.2) is 70.2 Å². The van der Waals surface area contributed by atoms with E-state index in [1.807, 2.05) is 6.26 Å². The van der Waals surface area contributed by atoms with Crippen molar-refractivity contribution < 1.29 is 19.5 Å². The van der Waals surface area contributed by atoms with E-state index >= 15 is 0 Å². The van der Waals surface area contributed by atoms with Gasteiger partial charge >= 0.3 is 5.97 Å². The third kappa shape index (κ3) is 5.06. The van der Waals surface area contributed by atoms with E-state index in [0.717, 1.165) is 0 Å². The lowest BCUT2D eigenvalue weighted by molar-refractivity contribution is -0.149. The Labute approximate surface area is 139 Å². The van der Waals surface area contributed by atoms with Crippen LogP contribution in [0.25, 0.3) is 0 Å². The molecule has 22 heavy (non-hydrogen) atoms. The number of aliphatic carboxylic acids is 1. The first-order valence-electron chi connectivity index (χ1n) is 7.11. The van der Waals surface area contributed by atoms with Crippen LogP contribution in [0, 0.1) is 0 Å². The molecule has 1 fully saturated rings. The van der Waals surface area contributed by atoms with Crippen LogP contribution >= 0.6 is 24.4 Å². The zero-order valence-corrected chi connectivity index (χ0v) is 14.2. The molecule has 7 nitrogen and oxygen atoms in total. The highest BCUT2D eigenvalue weighted by Crippen LogP contribution is 2.19. The van der Waals surface area contributed by atoms with Crippen LogP contribution in [0.2, 0.25) is 0 Å². The second-order valence-corrected chi connectivity index (χ2v) is 6.51. The molecular weight excluding hydrogens is 326 g/mol. The van der Waals surface area contributed by atoms with Gasteiger partial charge in [0, 0.05) is 12.3 Å². The summed E-state index contributed by atoms with van der Waals surface area (Å²) in [5.41, 5.74) is 5.61. The highest BCUT2D eigenvalue weighted by atomic mass is 32.2. The van der Waals surface area contributed by atoms with Gasteiger partial charge in [0.25, 0.3) is 0 Å². The van der Waals surface area contributed by atoms with E-state index in [2.05, 4.69) is 17.9 Å². The van der Waals surface area contributed by atoms with Crippen molar-refractivity contribution in [2.24, 2.45) is 5.73 Å². The number of amides is 2. The second kappa shape index (κ2) is 9.26. The first-order chi connectivity index (χ1) is 10.4. The van der Waals surface area contributed by atoms with Crippen LogP contribution in [0.5, 0.6) is 0 Å². The molecule has 1 aliphatic heterocycles. The quantitative estimate of drug-likeness (QED) is 0.442. The average molecular weight is 349 g/mol. The summed E-state index contributed by atoms with van der Waals surface area (Å²) in [4.78, 5) is 37.1. The number of nitrogens with one attached hydrogen (secondary N) is 1. The maximum Gasteiger partial charge on any atom is 0.326 e. The molecule has 1 rings (SSSR count). The Kier molecular flexibility index (Phi) is 8.05. The first-order valence-corrected chi connectivity index (χ1v) is 9.14. The SMILES string of the molecule is CSCCC(NC(=O)C(N)CS)C(=O)N1CCCC1C(=O)O. The maximum absolute atomic E-state index is 12.6. The van der Waals surface area contributed by atoms with Crippen LogP contribution in [-0.2, 0) is 14.4 Å². The molecule has 4 N–H and O–H groups in total. The van der Waals surface area contributed by atoms with Crippen molar-refractivity contribution in [2.75, 3.05) is 24.3 Å². The third-order valence-electron chi connectivity index (χ3n) is 3.58. The fraction of sp³-hybridized carbons (Fsp3) is 0.769. The van der Waals surface area contributed by atoms with Gasteiger partial charge in [0.05, 0.1) is 6.04 Å².